The lowest BCUT2D eigenvalue weighted by Crippen LogP contribution is -2.53. The number of carbonyl (C=O) groups excluding carboxylic acids is 1. The van der Waals surface area contributed by atoms with E-state index < -0.39 is 0 Å². The zero-order valence-corrected chi connectivity index (χ0v) is 21.7. The zero-order chi connectivity index (χ0) is 25.2. The van der Waals surface area contributed by atoms with E-state index in [0.29, 0.717) is 29.4 Å². The molecule has 36 heavy (non-hydrogen) atoms. The first kappa shape index (κ1) is 23.4. The first-order valence-corrected chi connectivity index (χ1v) is 13.2. The number of allylic oxidation sites excluding steroid dienone is 2. The van der Waals surface area contributed by atoms with Crippen molar-refractivity contribution in [3.8, 4) is 6.07 Å². The van der Waals surface area contributed by atoms with Crippen molar-refractivity contribution in [1.82, 2.24) is 9.88 Å². The van der Waals surface area contributed by atoms with Gasteiger partial charge in [-0.3, -0.25) is 9.69 Å². The van der Waals surface area contributed by atoms with Gasteiger partial charge in [-0.25, -0.2) is 4.98 Å². The number of Topliss-reactive ketones (excluding diaryl/α,β-unsaturated/α-hetero) is 1. The van der Waals surface area contributed by atoms with Crippen LogP contribution in [0.15, 0.2) is 36.0 Å². The fraction of sp³-hybridized carbons (Fsp3) is 0.500. The summed E-state index contributed by atoms with van der Waals surface area (Å²) in [7, 11) is 0. The largest absolute Gasteiger partial charge is 0.373 e. The number of ether oxygens (including phenoxy) is 1. The van der Waals surface area contributed by atoms with Gasteiger partial charge in [0.15, 0.2) is 5.78 Å². The highest BCUT2D eigenvalue weighted by atomic mass is 16.5. The Labute approximate surface area is 213 Å². The lowest BCUT2D eigenvalue weighted by atomic mass is 9.69. The standard InChI is InChI=1S/C30H34N4O2/c1-18-16-34(17-19(2)36-18)22-7-9-33(10-8-22)27-13-25-24(15-32-27)29(35)28-23-6-5-20(14-31)11-21(23)12-26(28)30(25,3)4/h5-6,11,13,15,18-19,22H,7-10,12,16-17H2,1-4H3/t18-,19+. The van der Waals surface area contributed by atoms with Crippen molar-refractivity contribution in [2.45, 2.75) is 70.6 Å². The molecular formula is C30H34N4O2. The van der Waals surface area contributed by atoms with Crippen LogP contribution in [0.5, 0.6) is 0 Å². The molecule has 2 saturated heterocycles. The van der Waals surface area contributed by atoms with Crippen LogP contribution in [-0.4, -0.2) is 60.1 Å². The maximum absolute atomic E-state index is 13.7. The molecule has 2 aliphatic carbocycles. The second-order valence-electron chi connectivity index (χ2n) is 11.5. The molecule has 0 saturated carbocycles. The summed E-state index contributed by atoms with van der Waals surface area (Å²) in [4.78, 5) is 23.5. The van der Waals surface area contributed by atoms with E-state index in [2.05, 4.69) is 49.6 Å². The van der Waals surface area contributed by atoms with E-state index in [9.17, 15) is 10.1 Å². The third-order valence-electron chi connectivity index (χ3n) is 8.71. The van der Waals surface area contributed by atoms with E-state index >= 15 is 0 Å². The molecule has 0 spiro atoms. The maximum Gasteiger partial charge on any atom is 0.195 e. The Bertz CT molecular complexity index is 1300. The lowest BCUT2D eigenvalue weighted by molar-refractivity contribution is -0.0826. The zero-order valence-electron chi connectivity index (χ0n) is 21.7. The summed E-state index contributed by atoms with van der Waals surface area (Å²) in [5.74, 6) is 1.04. The smallest absolute Gasteiger partial charge is 0.195 e. The van der Waals surface area contributed by atoms with Gasteiger partial charge in [0.05, 0.1) is 23.8 Å². The molecular weight excluding hydrogens is 448 g/mol. The first-order valence-electron chi connectivity index (χ1n) is 13.2. The summed E-state index contributed by atoms with van der Waals surface area (Å²) < 4.78 is 5.93. The molecule has 0 radical (unpaired) electrons. The minimum atomic E-state index is -0.277. The number of hydrogen-bond acceptors (Lipinski definition) is 6. The van der Waals surface area contributed by atoms with E-state index in [1.807, 2.05) is 18.2 Å². The van der Waals surface area contributed by atoms with Crippen molar-refractivity contribution >= 4 is 17.2 Å². The first-order chi connectivity index (χ1) is 17.3. The van der Waals surface area contributed by atoms with Crippen molar-refractivity contribution in [3.63, 3.8) is 0 Å². The van der Waals surface area contributed by atoms with Gasteiger partial charge in [0, 0.05) is 55.0 Å². The summed E-state index contributed by atoms with van der Waals surface area (Å²) in [5.41, 5.74) is 6.19. The van der Waals surface area contributed by atoms with Gasteiger partial charge in [-0.2, -0.15) is 5.26 Å². The fourth-order valence-electron chi connectivity index (χ4n) is 6.88. The molecule has 0 bridgehead atoms. The Kier molecular flexibility index (Phi) is 5.55. The van der Waals surface area contributed by atoms with Gasteiger partial charge in [-0.15, -0.1) is 0 Å². The van der Waals surface area contributed by atoms with Crippen LogP contribution >= 0.6 is 0 Å². The number of benzene rings is 1. The number of nitrogens with zero attached hydrogens (tertiary/aromatic N) is 4. The number of anilines is 1. The Morgan fingerprint density at radius 3 is 2.50 bits per heavy atom. The Morgan fingerprint density at radius 1 is 1.08 bits per heavy atom. The molecule has 2 aliphatic heterocycles. The van der Waals surface area contributed by atoms with Gasteiger partial charge in [0.25, 0.3) is 0 Å². The SMILES string of the molecule is C[C@@H]1CN(C2CCN(c3cc4c(cn3)C(=O)C3=C(Cc5cc(C#N)ccc53)C4(C)C)CC2)C[C@H](C)O1. The molecule has 1 aromatic carbocycles. The average molecular weight is 483 g/mol. The second kappa shape index (κ2) is 8.54. The number of rotatable bonds is 2. The van der Waals surface area contributed by atoms with Gasteiger partial charge in [0.2, 0.25) is 0 Å². The fourth-order valence-corrected chi connectivity index (χ4v) is 6.88. The van der Waals surface area contributed by atoms with Gasteiger partial charge < -0.3 is 9.64 Å². The normalized spacial score (nSPS) is 25.9. The highest BCUT2D eigenvalue weighted by molar-refractivity contribution is 6.32. The number of hydrogen-bond donors (Lipinski definition) is 0. The molecule has 0 unspecified atom stereocenters. The molecule has 1 aromatic heterocycles. The number of carbonyl (C=O) groups is 1. The quantitative estimate of drug-likeness (QED) is 0.627. The van der Waals surface area contributed by atoms with Crippen LogP contribution in [0.3, 0.4) is 0 Å². The molecule has 186 valence electrons. The molecule has 2 aromatic rings. The summed E-state index contributed by atoms with van der Waals surface area (Å²) in [6, 6.07) is 10.7. The second-order valence-corrected chi connectivity index (χ2v) is 11.5. The van der Waals surface area contributed by atoms with Crippen LogP contribution in [-0.2, 0) is 16.6 Å². The molecule has 6 nitrogen and oxygen atoms in total. The Hall–Kier alpha value is -3.01. The van der Waals surface area contributed by atoms with Gasteiger partial charge >= 0.3 is 0 Å². The van der Waals surface area contributed by atoms with Gasteiger partial charge in [0.1, 0.15) is 5.82 Å². The van der Waals surface area contributed by atoms with Crippen molar-refractivity contribution in [1.29, 1.82) is 5.26 Å². The molecule has 0 N–H and O–H groups in total. The van der Waals surface area contributed by atoms with E-state index in [0.717, 1.165) is 79.1 Å². The van der Waals surface area contributed by atoms with Crippen LogP contribution in [0.2, 0.25) is 0 Å². The highest BCUT2D eigenvalue weighted by Crippen LogP contribution is 2.50. The number of ketones is 1. The molecule has 0 amide bonds. The minimum absolute atomic E-state index is 0.0658. The van der Waals surface area contributed by atoms with Gasteiger partial charge in [-0.1, -0.05) is 19.9 Å². The minimum Gasteiger partial charge on any atom is -0.373 e. The topological polar surface area (TPSA) is 69.5 Å². The third kappa shape index (κ3) is 3.68. The van der Waals surface area contributed by atoms with E-state index in [4.69, 9.17) is 9.72 Å². The molecule has 2 fully saturated rings. The third-order valence-corrected chi connectivity index (χ3v) is 8.71. The van der Waals surface area contributed by atoms with Crippen LogP contribution in [0.25, 0.3) is 5.57 Å². The summed E-state index contributed by atoms with van der Waals surface area (Å²) in [5, 5.41) is 9.34. The number of pyridine rings is 1. The van der Waals surface area contributed by atoms with Crippen molar-refractivity contribution < 1.29 is 9.53 Å². The summed E-state index contributed by atoms with van der Waals surface area (Å²) in [6.45, 7) is 12.8. The number of aromatic nitrogens is 1. The molecule has 4 aliphatic rings. The number of piperidine rings is 1. The monoisotopic (exact) mass is 482 g/mol. The van der Waals surface area contributed by atoms with Crippen LogP contribution in [0, 0.1) is 11.3 Å². The van der Waals surface area contributed by atoms with Crippen LogP contribution in [0.1, 0.15) is 73.1 Å². The van der Waals surface area contributed by atoms with E-state index in [-0.39, 0.29) is 11.2 Å². The molecule has 6 heteroatoms. The maximum atomic E-state index is 13.7. The van der Waals surface area contributed by atoms with Gasteiger partial charge in [-0.05, 0) is 73.6 Å². The number of nitriles is 1. The van der Waals surface area contributed by atoms with Crippen molar-refractivity contribution in [3.05, 3.63) is 63.9 Å². The Balaban J connectivity index is 1.24. The molecule has 6 rings (SSSR count). The number of morpholine rings is 1. The lowest BCUT2D eigenvalue weighted by Gasteiger charge is -2.44. The average Bonchev–Trinajstić information content (AvgIpc) is 3.27. The van der Waals surface area contributed by atoms with E-state index in [1.165, 1.54) is 0 Å². The van der Waals surface area contributed by atoms with Crippen molar-refractivity contribution in [2.24, 2.45) is 0 Å². The number of fused-ring (bicyclic) bond motifs is 3. The summed E-state index contributed by atoms with van der Waals surface area (Å²) >= 11 is 0. The predicted octanol–water partition coefficient (Wildman–Crippen LogP) is 4.52. The molecule has 2 atom stereocenters. The van der Waals surface area contributed by atoms with Crippen molar-refractivity contribution in [2.75, 3.05) is 31.1 Å². The predicted molar refractivity (Wildman–Crippen MR) is 140 cm³/mol. The highest BCUT2D eigenvalue weighted by Gasteiger charge is 2.43. The van der Waals surface area contributed by atoms with E-state index in [1.54, 1.807) is 6.20 Å². The van der Waals surface area contributed by atoms with Crippen LogP contribution < -0.4 is 4.90 Å². The Morgan fingerprint density at radius 2 is 1.81 bits per heavy atom. The van der Waals surface area contributed by atoms with Crippen LogP contribution in [0.4, 0.5) is 5.82 Å². The molecule has 3 heterocycles. The summed E-state index contributed by atoms with van der Waals surface area (Å²) in [6.07, 6.45) is 5.34.